The van der Waals surface area contributed by atoms with Gasteiger partial charge in [-0.25, -0.2) is 8.78 Å². The number of ether oxygens (including phenoxy) is 4. The van der Waals surface area contributed by atoms with Crippen LogP contribution < -0.4 is 18.9 Å². The van der Waals surface area contributed by atoms with Gasteiger partial charge in [-0.2, -0.15) is 0 Å². The van der Waals surface area contributed by atoms with E-state index in [0.717, 1.165) is 66.6 Å². The normalized spacial score (nSPS) is 13.8. The minimum atomic E-state index is -0.418. The van der Waals surface area contributed by atoms with E-state index < -0.39 is 11.8 Å². The number of benzene rings is 6. The molecule has 9 rings (SSSR count). The molecular formula is C56H40F2N2O4. The largest absolute Gasteiger partial charge is 0.477 e. The maximum atomic E-state index is 14.4. The molecule has 0 fully saturated rings. The van der Waals surface area contributed by atoms with Gasteiger partial charge in [-0.05, 0) is 94.0 Å². The lowest BCUT2D eigenvalue weighted by atomic mass is 9.72. The number of nitrogens with zero attached hydrogens (tertiary/aromatic N) is 2. The highest BCUT2D eigenvalue weighted by atomic mass is 19.1. The van der Waals surface area contributed by atoms with E-state index in [1.807, 2.05) is 84.9 Å². The van der Waals surface area contributed by atoms with E-state index in [0.29, 0.717) is 36.1 Å². The first-order valence-electron chi connectivity index (χ1n) is 20.7. The Morgan fingerprint density at radius 1 is 0.438 bits per heavy atom. The average Bonchev–Trinajstić information content (AvgIpc) is 3.81. The third kappa shape index (κ3) is 7.64. The summed E-state index contributed by atoms with van der Waals surface area (Å²) in [4.78, 5) is 0. The molecular weight excluding hydrogens is 803 g/mol. The lowest BCUT2D eigenvalue weighted by Crippen LogP contribution is -2.24. The standard InChI is InChI=1S/C56H40F2N2O4/c1-5-29-61-47-27-21-39(33-49(47)63-31-7-3)51-53-43-13-9-11-15-45(43)60(36-38-19-25-42(58)26-20-38)56(53)52(40-22-28-48(62-30-6-2)50(34-40)64-32-8-4)54-44-14-10-12-16-46(44)59(55(51)54)35-37-17-23-41(57)24-18-37/h1-4,9-28,33-34,51-52H,29-32,35-36H2. The summed E-state index contributed by atoms with van der Waals surface area (Å²) in [7, 11) is 0. The molecule has 0 aliphatic heterocycles. The van der Waals surface area contributed by atoms with E-state index in [4.69, 9.17) is 44.6 Å². The number of rotatable bonds is 14. The van der Waals surface area contributed by atoms with Gasteiger partial charge >= 0.3 is 0 Å². The van der Waals surface area contributed by atoms with Gasteiger partial charge in [0.2, 0.25) is 0 Å². The lowest BCUT2D eigenvalue weighted by Gasteiger charge is -2.34. The number of para-hydroxylation sites is 2. The topological polar surface area (TPSA) is 46.8 Å². The summed E-state index contributed by atoms with van der Waals surface area (Å²) >= 11 is 0. The van der Waals surface area contributed by atoms with Gasteiger partial charge in [0.1, 0.15) is 38.1 Å². The molecule has 8 aromatic rings. The van der Waals surface area contributed by atoms with Crippen LogP contribution in [0.25, 0.3) is 21.8 Å². The minimum absolute atomic E-state index is 0.00600. The van der Waals surface area contributed by atoms with Gasteiger partial charge < -0.3 is 28.1 Å². The minimum Gasteiger partial charge on any atom is -0.477 e. The fourth-order valence-electron chi connectivity index (χ4n) is 9.09. The molecule has 2 atom stereocenters. The number of aromatic nitrogens is 2. The number of halogens is 2. The second-order valence-electron chi connectivity index (χ2n) is 15.3. The second kappa shape index (κ2) is 18.0. The molecule has 0 spiro atoms. The number of terminal acetylenes is 4. The quantitative estimate of drug-likeness (QED) is 0.102. The van der Waals surface area contributed by atoms with E-state index >= 15 is 0 Å². The lowest BCUT2D eigenvalue weighted by molar-refractivity contribution is 0.314. The summed E-state index contributed by atoms with van der Waals surface area (Å²) in [5.41, 5.74) is 9.77. The van der Waals surface area contributed by atoms with Crippen molar-refractivity contribution in [2.45, 2.75) is 24.9 Å². The van der Waals surface area contributed by atoms with Crippen LogP contribution in [0, 0.1) is 61.0 Å². The summed E-state index contributed by atoms with van der Waals surface area (Å²) in [6.07, 6.45) is 22.7. The maximum absolute atomic E-state index is 14.4. The molecule has 2 heterocycles. The van der Waals surface area contributed by atoms with E-state index in [1.165, 1.54) is 24.3 Å². The number of hydrogen-bond donors (Lipinski definition) is 0. The van der Waals surface area contributed by atoms with Crippen molar-refractivity contribution in [3.05, 3.63) is 190 Å². The molecule has 0 saturated carbocycles. The highest BCUT2D eigenvalue weighted by molar-refractivity contribution is 5.94. The van der Waals surface area contributed by atoms with Gasteiger partial charge in [0, 0.05) is 46.3 Å². The van der Waals surface area contributed by atoms with Gasteiger partial charge in [0.05, 0.1) is 11.8 Å². The highest BCUT2D eigenvalue weighted by Crippen LogP contribution is 2.56. The van der Waals surface area contributed by atoms with Crippen molar-refractivity contribution in [3.8, 4) is 72.4 Å². The average molecular weight is 843 g/mol. The molecule has 8 heteroatoms. The Bertz CT molecular complexity index is 2990. The molecule has 2 aromatic heterocycles. The predicted molar refractivity (Wildman–Crippen MR) is 247 cm³/mol. The SMILES string of the molecule is C#CCOc1ccc(C2c3c(n(Cc4ccc(F)cc4)c4ccccc34)C(c3ccc(OCC#C)c(OCC#C)c3)c3c2n(Cc2ccc(F)cc2)c2ccccc32)cc1OCC#C. The summed E-state index contributed by atoms with van der Waals surface area (Å²) in [5.74, 6) is 10.6. The Morgan fingerprint density at radius 2 is 0.797 bits per heavy atom. The molecule has 312 valence electrons. The Morgan fingerprint density at radius 3 is 1.17 bits per heavy atom. The van der Waals surface area contributed by atoms with Crippen molar-refractivity contribution >= 4 is 21.8 Å². The molecule has 0 radical (unpaired) electrons. The van der Waals surface area contributed by atoms with E-state index in [-0.39, 0.29) is 38.1 Å². The van der Waals surface area contributed by atoms with Crippen molar-refractivity contribution in [3.63, 3.8) is 0 Å². The molecule has 1 aliphatic rings. The van der Waals surface area contributed by atoms with Crippen LogP contribution in [0.1, 0.15) is 56.6 Å². The van der Waals surface area contributed by atoms with Gasteiger partial charge in [0.25, 0.3) is 0 Å². The summed E-state index contributed by atoms with van der Waals surface area (Å²) in [5, 5.41) is 2.05. The van der Waals surface area contributed by atoms with Crippen LogP contribution >= 0.6 is 0 Å². The zero-order valence-electron chi connectivity index (χ0n) is 34.7. The van der Waals surface area contributed by atoms with Gasteiger partial charge in [-0.1, -0.05) is 96.5 Å². The van der Waals surface area contributed by atoms with Crippen molar-refractivity contribution < 1.29 is 27.7 Å². The van der Waals surface area contributed by atoms with Crippen LogP contribution in [-0.4, -0.2) is 35.6 Å². The molecule has 64 heavy (non-hydrogen) atoms. The first kappa shape index (κ1) is 41.1. The molecule has 0 saturated heterocycles. The Balaban J connectivity index is 1.42. The van der Waals surface area contributed by atoms with E-state index in [2.05, 4.69) is 57.1 Å². The highest BCUT2D eigenvalue weighted by Gasteiger charge is 2.43. The molecule has 0 N–H and O–H groups in total. The third-order valence-corrected chi connectivity index (χ3v) is 11.6. The second-order valence-corrected chi connectivity index (χ2v) is 15.3. The molecule has 2 unspecified atom stereocenters. The molecule has 6 aromatic carbocycles. The van der Waals surface area contributed by atoms with Gasteiger partial charge in [-0.15, -0.1) is 25.7 Å². The van der Waals surface area contributed by atoms with Gasteiger partial charge in [0.15, 0.2) is 23.0 Å². The van der Waals surface area contributed by atoms with Gasteiger partial charge in [-0.3, -0.25) is 0 Å². The Labute approximate surface area is 371 Å². The monoisotopic (exact) mass is 842 g/mol. The Kier molecular flexibility index (Phi) is 11.5. The van der Waals surface area contributed by atoms with Crippen LogP contribution in [0.4, 0.5) is 8.78 Å². The van der Waals surface area contributed by atoms with Crippen molar-refractivity contribution in [1.82, 2.24) is 9.13 Å². The third-order valence-electron chi connectivity index (χ3n) is 11.6. The smallest absolute Gasteiger partial charge is 0.163 e. The van der Waals surface area contributed by atoms with Crippen LogP contribution in [0.3, 0.4) is 0 Å². The van der Waals surface area contributed by atoms with E-state index in [1.54, 1.807) is 0 Å². The van der Waals surface area contributed by atoms with Crippen molar-refractivity contribution in [1.29, 1.82) is 0 Å². The maximum Gasteiger partial charge on any atom is 0.163 e. The summed E-state index contributed by atoms with van der Waals surface area (Å²) < 4.78 is 57.9. The summed E-state index contributed by atoms with van der Waals surface area (Å²) in [6, 6.07) is 41.7. The molecule has 1 aliphatic carbocycles. The fourth-order valence-corrected chi connectivity index (χ4v) is 9.09. The first-order chi connectivity index (χ1) is 31.4. The zero-order chi connectivity index (χ0) is 44.2. The zero-order valence-corrected chi connectivity index (χ0v) is 34.7. The fraction of sp³-hybridized carbons (Fsp3) is 0.143. The molecule has 0 amide bonds. The van der Waals surface area contributed by atoms with Crippen molar-refractivity contribution in [2.24, 2.45) is 0 Å². The number of fused-ring (bicyclic) bond motifs is 6. The first-order valence-corrected chi connectivity index (χ1v) is 20.7. The van der Waals surface area contributed by atoms with E-state index in [9.17, 15) is 8.78 Å². The molecule has 0 bridgehead atoms. The van der Waals surface area contributed by atoms with Crippen LogP contribution in [0.15, 0.2) is 133 Å². The summed E-state index contributed by atoms with van der Waals surface area (Å²) in [6.45, 7) is 0.948. The van der Waals surface area contributed by atoms with Crippen LogP contribution in [0.2, 0.25) is 0 Å². The van der Waals surface area contributed by atoms with Crippen LogP contribution in [-0.2, 0) is 13.1 Å². The Hall–Kier alpha value is -8.30. The van der Waals surface area contributed by atoms with Crippen LogP contribution in [0.5, 0.6) is 23.0 Å². The molecule has 6 nitrogen and oxygen atoms in total. The number of hydrogen-bond acceptors (Lipinski definition) is 4. The van der Waals surface area contributed by atoms with Crippen molar-refractivity contribution in [2.75, 3.05) is 26.4 Å². The predicted octanol–water partition coefficient (Wildman–Crippen LogP) is 10.7.